The van der Waals surface area contributed by atoms with Crippen LogP contribution in [0.5, 0.6) is 0 Å². The van der Waals surface area contributed by atoms with Gasteiger partial charge in [0.2, 0.25) is 0 Å². The van der Waals surface area contributed by atoms with Gasteiger partial charge in [-0.1, -0.05) is 48.0 Å². The van der Waals surface area contributed by atoms with Gasteiger partial charge in [-0.3, -0.25) is 4.55 Å². The van der Waals surface area contributed by atoms with Gasteiger partial charge in [0.1, 0.15) is 0 Å². The molecule has 0 aromatic carbocycles. The van der Waals surface area contributed by atoms with Crippen LogP contribution < -0.4 is 0 Å². The van der Waals surface area contributed by atoms with Crippen LogP contribution in [0.25, 0.3) is 0 Å². The second-order valence-corrected chi connectivity index (χ2v) is 27.3. The monoisotopic (exact) mass is 513 g/mol. The Balaban J connectivity index is 5.09. The molecule has 0 aliphatic carbocycles. The van der Waals surface area contributed by atoms with Crippen LogP contribution >= 0.6 is 0 Å². The van der Waals surface area contributed by atoms with Crippen LogP contribution in [0.3, 0.4) is 0 Å². The van der Waals surface area contributed by atoms with Crippen LogP contribution in [0.15, 0.2) is 0 Å². The summed E-state index contributed by atoms with van der Waals surface area (Å²) in [5, 5.41) is 0.288. The van der Waals surface area contributed by atoms with Crippen molar-refractivity contribution in [2.45, 2.75) is 110 Å². The molecule has 0 spiro atoms. The van der Waals surface area contributed by atoms with Crippen LogP contribution in [0.1, 0.15) is 60.8 Å². The summed E-state index contributed by atoms with van der Waals surface area (Å²) in [4.78, 5) is 2.13. The van der Waals surface area contributed by atoms with Crippen molar-refractivity contribution >= 4 is 35.3 Å². The van der Waals surface area contributed by atoms with E-state index in [0.717, 1.165) is 25.4 Å². The maximum absolute atomic E-state index is 10.9. The lowest BCUT2D eigenvalue weighted by molar-refractivity contribution is 0.319. The van der Waals surface area contributed by atoms with Crippen molar-refractivity contribution in [3.8, 4) is 0 Å². The van der Waals surface area contributed by atoms with Gasteiger partial charge in [0.05, 0.1) is 5.75 Å². The minimum absolute atomic E-state index is 0.144. The smallest absolute Gasteiger partial charge is 0.314 e. The van der Waals surface area contributed by atoms with Gasteiger partial charge >= 0.3 is 8.56 Å². The molecule has 0 unspecified atom stereocenters. The number of hydrogen-bond donors (Lipinski definition) is 1. The fourth-order valence-corrected chi connectivity index (χ4v) is 16.8. The second kappa shape index (κ2) is 11.2. The first kappa shape index (κ1) is 31.4. The molecule has 0 aromatic heterocycles. The Kier molecular flexibility index (Phi) is 11.4. The molecule has 0 rings (SSSR count). The van der Waals surface area contributed by atoms with E-state index in [-0.39, 0.29) is 15.8 Å². The van der Waals surface area contributed by atoms with Gasteiger partial charge in [-0.25, -0.2) is 0 Å². The van der Waals surface area contributed by atoms with Gasteiger partial charge in [-0.05, 0) is 81.8 Å². The molecular weight excluding hydrogens is 463 g/mol. The largest absolute Gasteiger partial charge is 0.436 e. The van der Waals surface area contributed by atoms with Gasteiger partial charge in [0.25, 0.3) is 10.1 Å². The van der Waals surface area contributed by atoms with Crippen LogP contribution in [0, 0.1) is 0 Å². The number of rotatable bonds is 13. The zero-order chi connectivity index (χ0) is 24.9. The summed E-state index contributed by atoms with van der Waals surface area (Å²) in [5.74, 6) is -0.178. The zero-order valence-electron chi connectivity index (χ0n) is 22.4. The standard InChI is InChI=1S/C21H51NO5SSi3/c1-20(2,3)29(8,9)26-31(12,27-30(10,11)21(4,5)6)19-14-13-16-22(7)17-15-18-28(23,24)25/h13-19H2,1-12H3,(H,23,24,25). The van der Waals surface area contributed by atoms with Gasteiger partial charge < -0.3 is 13.1 Å². The maximum Gasteiger partial charge on any atom is 0.314 e. The molecule has 31 heavy (non-hydrogen) atoms. The Hall–Kier alpha value is 0.441. The Morgan fingerprint density at radius 2 is 1.16 bits per heavy atom. The van der Waals surface area contributed by atoms with E-state index in [9.17, 15) is 8.42 Å². The summed E-state index contributed by atoms with van der Waals surface area (Å²) < 4.78 is 44.6. The third-order valence-corrected chi connectivity index (χ3v) is 23.7. The third kappa shape index (κ3) is 11.9. The Morgan fingerprint density at radius 3 is 1.52 bits per heavy atom. The normalized spacial score (nSPS) is 15.0. The van der Waals surface area contributed by atoms with Crippen molar-refractivity contribution < 1.29 is 21.2 Å². The average molecular weight is 514 g/mol. The molecule has 0 heterocycles. The Labute approximate surface area is 196 Å². The van der Waals surface area contributed by atoms with Crippen molar-refractivity contribution in [1.29, 1.82) is 0 Å². The molecule has 0 aliphatic rings. The van der Waals surface area contributed by atoms with E-state index >= 15 is 0 Å². The van der Waals surface area contributed by atoms with E-state index in [2.05, 4.69) is 79.2 Å². The minimum Gasteiger partial charge on any atom is -0.436 e. The van der Waals surface area contributed by atoms with Crippen molar-refractivity contribution in [3.63, 3.8) is 0 Å². The predicted molar refractivity (Wildman–Crippen MR) is 141 cm³/mol. The molecule has 0 radical (unpaired) electrons. The van der Waals surface area contributed by atoms with E-state index in [1.807, 2.05) is 7.05 Å². The number of hydrogen-bond acceptors (Lipinski definition) is 5. The molecule has 0 atom stereocenters. The summed E-state index contributed by atoms with van der Waals surface area (Å²) >= 11 is 0. The molecule has 6 nitrogen and oxygen atoms in total. The molecule has 0 saturated heterocycles. The van der Waals surface area contributed by atoms with E-state index in [1.165, 1.54) is 0 Å². The van der Waals surface area contributed by atoms with Gasteiger partial charge in [0.15, 0.2) is 16.6 Å². The Bertz CT molecular complexity index is 627. The highest BCUT2D eigenvalue weighted by Crippen LogP contribution is 2.43. The highest BCUT2D eigenvalue weighted by Gasteiger charge is 2.49. The summed E-state index contributed by atoms with van der Waals surface area (Å²) in [6.45, 7) is 26.8. The molecule has 0 bridgehead atoms. The van der Waals surface area contributed by atoms with Gasteiger partial charge in [-0.15, -0.1) is 0 Å². The van der Waals surface area contributed by atoms with Crippen molar-refractivity contribution in [1.82, 2.24) is 4.90 Å². The predicted octanol–water partition coefficient (Wildman–Crippen LogP) is 6.09. The zero-order valence-corrected chi connectivity index (χ0v) is 26.2. The third-order valence-electron chi connectivity index (χ3n) is 6.92. The fourth-order valence-electron chi connectivity index (χ4n) is 2.97. The molecule has 10 heteroatoms. The molecule has 0 saturated carbocycles. The number of nitrogens with zero attached hydrogens (tertiary/aromatic N) is 1. The van der Waals surface area contributed by atoms with E-state index in [0.29, 0.717) is 13.0 Å². The van der Waals surface area contributed by atoms with Crippen LogP contribution in [-0.4, -0.2) is 69.0 Å². The topological polar surface area (TPSA) is 76.1 Å². The minimum atomic E-state index is -3.87. The maximum atomic E-state index is 10.9. The van der Waals surface area contributed by atoms with Crippen LogP contribution in [0.2, 0.25) is 48.9 Å². The quantitative estimate of drug-likeness (QED) is 0.182. The summed E-state index contributed by atoms with van der Waals surface area (Å²) in [7, 11) is -8.14. The highest BCUT2D eigenvalue weighted by atomic mass is 32.2. The molecule has 0 amide bonds. The first-order valence-corrected chi connectivity index (χ1v) is 21.5. The van der Waals surface area contributed by atoms with Crippen LogP contribution in [-0.2, 0) is 18.3 Å². The highest BCUT2D eigenvalue weighted by molar-refractivity contribution is 7.85. The summed E-state index contributed by atoms with van der Waals surface area (Å²) in [5.41, 5.74) is 0. The van der Waals surface area contributed by atoms with Crippen molar-refractivity contribution in [2.24, 2.45) is 0 Å². The van der Waals surface area contributed by atoms with Crippen LogP contribution in [0.4, 0.5) is 0 Å². The first-order valence-electron chi connectivity index (χ1n) is 11.6. The van der Waals surface area contributed by atoms with E-state index in [4.69, 9.17) is 12.8 Å². The van der Waals surface area contributed by atoms with Gasteiger partial charge in [-0.2, -0.15) is 8.42 Å². The number of unbranched alkanes of at least 4 members (excludes halogenated alkanes) is 1. The van der Waals surface area contributed by atoms with E-state index in [1.54, 1.807) is 0 Å². The lowest BCUT2D eigenvalue weighted by atomic mass is 10.2. The molecular formula is C21H51NO5SSi3. The fraction of sp³-hybridized carbons (Fsp3) is 1.00. The van der Waals surface area contributed by atoms with Crippen molar-refractivity contribution in [2.75, 3.05) is 25.9 Å². The van der Waals surface area contributed by atoms with Gasteiger partial charge in [0, 0.05) is 0 Å². The average Bonchev–Trinajstić information content (AvgIpc) is 2.46. The molecule has 0 aromatic rings. The lowest BCUT2D eigenvalue weighted by Crippen LogP contribution is -2.58. The van der Waals surface area contributed by atoms with Crippen molar-refractivity contribution in [3.05, 3.63) is 0 Å². The Morgan fingerprint density at radius 1 is 0.774 bits per heavy atom. The molecule has 188 valence electrons. The van der Waals surface area contributed by atoms with E-state index < -0.39 is 35.3 Å². The summed E-state index contributed by atoms with van der Waals surface area (Å²) in [6.07, 6.45) is 2.51. The SMILES string of the molecule is CN(CCCC[Si](C)(O[Si](C)(C)C(C)(C)C)O[Si](C)(C)C(C)(C)C)CCCS(=O)(=O)O. The molecule has 0 fully saturated rings. The summed E-state index contributed by atoms with van der Waals surface area (Å²) in [6, 6.07) is 0.977. The first-order chi connectivity index (χ1) is 13.5. The molecule has 0 aliphatic heterocycles. The lowest BCUT2D eigenvalue weighted by Gasteiger charge is -2.48. The molecule has 1 N–H and O–H groups in total. The second-order valence-electron chi connectivity index (χ2n) is 12.3.